The maximum absolute atomic E-state index is 13.3. The maximum atomic E-state index is 13.3. The lowest BCUT2D eigenvalue weighted by atomic mass is 10.2. The van der Waals surface area contributed by atoms with Gasteiger partial charge in [0.2, 0.25) is 10.0 Å². The normalized spacial score (nSPS) is 12.1. The van der Waals surface area contributed by atoms with Crippen molar-refractivity contribution in [2.75, 3.05) is 22.5 Å². The maximum Gasteiger partial charge on any atom is 0.233 e. The van der Waals surface area contributed by atoms with Crippen molar-refractivity contribution in [1.29, 1.82) is 0 Å². The average Bonchev–Trinajstić information content (AvgIpc) is 2.28. The van der Waals surface area contributed by atoms with Gasteiger partial charge in [-0.15, -0.1) is 0 Å². The first-order valence-corrected chi connectivity index (χ1v) is 9.40. The van der Waals surface area contributed by atoms with Crippen LogP contribution in [0.1, 0.15) is 5.56 Å². The Balaban J connectivity index is 2.93. The lowest BCUT2D eigenvalue weighted by Gasteiger charge is -2.09. The third-order valence-corrected chi connectivity index (χ3v) is 4.94. The van der Waals surface area contributed by atoms with E-state index in [9.17, 15) is 21.2 Å². The predicted octanol–water partition coefficient (Wildman–Crippen LogP) is 0.246. The Morgan fingerprint density at radius 3 is 2.40 bits per heavy atom. The molecular weight excluding hydrogens is 327 g/mol. The minimum Gasteiger partial charge on any atom is -0.389 e. The van der Waals surface area contributed by atoms with E-state index in [1.54, 1.807) is 0 Å². The van der Waals surface area contributed by atoms with Gasteiger partial charge in [-0.05, 0) is 18.2 Å². The number of nitrogens with two attached hydrogens (primary N) is 1. The van der Waals surface area contributed by atoms with Crippen LogP contribution in [0.2, 0.25) is 0 Å². The molecule has 0 atom stereocenters. The number of benzene rings is 1. The van der Waals surface area contributed by atoms with Crippen molar-refractivity contribution in [3.05, 3.63) is 29.6 Å². The second-order valence-corrected chi connectivity index (χ2v) is 8.65. The summed E-state index contributed by atoms with van der Waals surface area (Å²) in [4.78, 5) is -0.209. The zero-order chi connectivity index (χ0) is 15.6. The van der Waals surface area contributed by atoms with Gasteiger partial charge in [-0.3, -0.25) is 4.72 Å². The Labute approximate surface area is 122 Å². The number of nitrogens with one attached hydrogen (secondary N) is 1. The van der Waals surface area contributed by atoms with Crippen molar-refractivity contribution in [1.82, 2.24) is 0 Å². The number of hydrogen-bond acceptors (Lipinski definition) is 5. The van der Waals surface area contributed by atoms with Crippen LogP contribution in [-0.2, 0) is 19.9 Å². The second-order valence-electron chi connectivity index (χ2n) is 4.11. The molecule has 1 aromatic rings. The van der Waals surface area contributed by atoms with Crippen molar-refractivity contribution < 1.29 is 21.2 Å². The Morgan fingerprint density at radius 1 is 1.30 bits per heavy atom. The van der Waals surface area contributed by atoms with E-state index in [-0.39, 0.29) is 16.2 Å². The van der Waals surface area contributed by atoms with Crippen LogP contribution in [0.3, 0.4) is 0 Å². The van der Waals surface area contributed by atoms with Gasteiger partial charge in [-0.2, -0.15) is 0 Å². The molecule has 0 heterocycles. The van der Waals surface area contributed by atoms with Crippen molar-refractivity contribution in [2.45, 2.75) is 0 Å². The molecule has 20 heavy (non-hydrogen) atoms. The van der Waals surface area contributed by atoms with E-state index in [2.05, 4.69) is 16.9 Å². The van der Waals surface area contributed by atoms with Crippen LogP contribution < -0.4 is 10.5 Å². The SMILES string of the molecule is CS(=O)(=O)CCS(=O)(=O)Nc1ccc(F)c(C(N)=S)c1. The first kappa shape index (κ1) is 16.8. The third-order valence-electron chi connectivity index (χ3n) is 2.23. The highest BCUT2D eigenvalue weighted by atomic mass is 32.2. The van der Waals surface area contributed by atoms with Gasteiger partial charge in [0.05, 0.1) is 11.5 Å². The molecule has 1 rings (SSSR count). The highest BCUT2D eigenvalue weighted by Crippen LogP contribution is 2.16. The van der Waals surface area contributed by atoms with Crippen LogP contribution in [0, 0.1) is 5.82 Å². The fourth-order valence-electron chi connectivity index (χ4n) is 1.27. The summed E-state index contributed by atoms with van der Waals surface area (Å²) in [6.45, 7) is 0. The van der Waals surface area contributed by atoms with Crippen LogP contribution in [0.15, 0.2) is 18.2 Å². The number of anilines is 1. The molecule has 0 aliphatic heterocycles. The van der Waals surface area contributed by atoms with Crippen molar-refractivity contribution in [3.8, 4) is 0 Å². The minimum atomic E-state index is -3.86. The number of hydrogen-bond donors (Lipinski definition) is 2. The molecule has 3 N–H and O–H groups in total. The predicted molar refractivity (Wildman–Crippen MR) is 79.4 cm³/mol. The van der Waals surface area contributed by atoms with Crippen LogP contribution >= 0.6 is 12.2 Å². The van der Waals surface area contributed by atoms with E-state index in [1.165, 1.54) is 6.07 Å². The highest BCUT2D eigenvalue weighted by Gasteiger charge is 2.15. The van der Waals surface area contributed by atoms with Gasteiger partial charge in [0.1, 0.15) is 20.6 Å². The number of sulfonamides is 1. The van der Waals surface area contributed by atoms with Gasteiger partial charge < -0.3 is 5.73 Å². The van der Waals surface area contributed by atoms with Gasteiger partial charge in [0, 0.05) is 17.5 Å². The summed E-state index contributed by atoms with van der Waals surface area (Å²) in [6.07, 6.45) is 0.936. The average molecular weight is 340 g/mol. The number of sulfone groups is 1. The van der Waals surface area contributed by atoms with Crippen molar-refractivity contribution in [2.24, 2.45) is 5.73 Å². The molecule has 0 fully saturated rings. The van der Waals surface area contributed by atoms with Crippen molar-refractivity contribution >= 4 is 42.8 Å². The lowest BCUT2D eigenvalue weighted by molar-refractivity contribution is 0.593. The molecule has 0 aliphatic rings. The number of rotatable bonds is 6. The summed E-state index contributed by atoms with van der Waals surface area (Å²) < 4.78 is 60.7. The van der Waals surface area contributed by atoms with E-state index in [1.807, 2.05) is 0 Å². The van der Waals surface area contributed by atoms with Crippen LogP contribution in [-0.4, -0.2) is 39.6 Å². The van der Waals surface area contributed by atoms with Crippen LogP contribution in [0.5, 0.6) is 0 Å². The highest BCUT2D eigenvalue weighted by molar-refractivity contribution is 7.95. The molecular formula is C10H13FN2O4S3. The summed E-state index contributed by atoms with van der Waals surface area (Å²) in [6, 6.07) is 3.35. The van der Waals surface area contributed by atoms with E-state index in [4.69, 9.17) is 5.73 Å². The fraction of sp³-hybridized carbons (Fsp3) is 0.300. The summed E-state index contributed by atoms with van der Waals surface area (Å²) in [7, 11) is -7.26. The second kappa shape index (κ2) is 6.02. The van der Waals surface area contributed by atoms with E-state index in [0.29, 0.717) is 0 Å². The molecule has 0 amide bonds. The van der Waals surface area contributed by atoms with Gasteiger partial charge in [-0.1, -0.05) is 12.2 Å². The summed E-state index contributed by atoms with van der Waals surface area (Å²) >= 11 is 4.63. The molecule has 10 heteroatoms. The largest absolute Gasteiger partial charge is 0.389 e. The molecule has 0 aromatic heterocycles. The van der Waals surface area contributed by atoms with Crippen molar-refractivity contribution in [3.63, 3.8) is 0 Å². The quantitative estimate of drug-likeness (QED) is 0.719. The zero-order valence-corrected chi connectivity index (χ0v) is 12.9. The molecule has 112 valence electrons. The van der Waals surface area contributed by atoms with Gasteiger partial charge in [0.25, 0.3) is 0 Å². The van der Waals surface area contributed by atoms with E-state index in [0.717, 1.165) is 18.4 Å². The molecule has 0 saturated carbocycles. The number of halogens is 1. The molecule has 0 saturated heterocycles. The fourth-order valence-corrected chi connectivity index (χ4v) is 4.10. The first-order valence-electron chi connectivity index (χ1n) is 5.28. The smallest absolute Gasteiger partial charge is 0.233 e. The molecule has 0 spiro atoms. The molecule has 0 bridgehead atoms. The Kier molecular flexibility index (Phi) is 5.05. The Morgan fingerprint density at radius 2 is 1.90 bits per heavy atom. The van der Waals surface area contributed by atoms with Gasteiger partial charge in [-0.25, -0.2) is 21.2 Å². The van der Waals surface area contributed by atoms with E-state index >= 15 is 0 Å². The molecule has 1 aromatic carbocycles. The summed E-state index contributed by atoms with van der Waals surface area (Å²) in [5.41, 5.74) is 5.26. The Hall–Kier alpha value is -1.26. The third kappa shape index (κ3) is 5.39. The zero-order valence-electron chi connectivity index (χ0n) is 10.5. The van der Waals surface area contributed by atoms with Crippen LogP contribution in [0.25, 0.3) is 0 Å². The minimum absolute atomic E-state index is 0.0581. The summed E-state index contributed by atoms with van der Waals surface area (Å²) in [5.74, 6) is -1.77. The monoisotopic (exact) mass is 340 g/mol. The summed E-state index contributed by atoms with van der Waals surface area (Å²) in [5, 5.41) is 0. The molecule has 0 aliphatic carbocycles. The molecule has 6 nitrogen and oxygen atoms in total. The topological polar surface area (TPSA) is 106 Å². The van der Waals surface area contributed by atoms with Gasteiger partial charge in [0.15, 0.2) is 0 Å². The molecule has 0 unspecified atom stereocenters. The lowest BCUT2D eigenvalue weighted by Crippen LogP contribution is -2.22. The van der Waals surface area contributed by atoms with Crippen LogP contribution in [0.4, 0.5) is 10.1 Å². The number of thiocarbonyl (C=S) groups is 1. The van der Waals surface area contributed by atoms with Gasteiger partial charge >= 0.3 is 0 Å². The van der Waals surface area contributed by atoms with E-state index < -0.39 is 37.2 Å². The first-order chi connectivity index (χ1) is 9.00. The Bertz CT molecular complexity index is 729. The molecule has 0 radical (unpaired) electrons. The standard InChI is InChI=1S/C10H13FN2O4S3/c1-19(14,15)4-5-20(16,17)13-7-2-3-9(11)8(6-7)10(12)18/h2-3,6,13H,4-5H2,1H3,(H2,12,18).